The number of anilines is 1. The molecule has 0 aliphatic rings. The van der Waals surface area contributed by atoms with Gasteiger partial charge >= 0.3 is 0 Å². The SMILES string of the molecule is CNCC(O)c1c(Br)ccc(O)c1NC(C)=O. The molecule has 0 heterocycles. The Morgan fingerprint density at radius 3 is 2.71 bits per heavy atom. The van der Waals surface area contributed by atoms with E-state index in [1.54, 1.807) is 13.1 Å². The number of phenolic OH excluding ortho intramolecular Hbond substituents is 1. The van der Waals surface area contributed by atoms with Crippen molar-refractivity contribution in [2.45, 2.75) is 13.0 Å². The zero-order chi connectivity index (χ0) is 13.0. The first-order valence-electron chi connectivity index (χ1n) is 5.09. The van der Waals surface area contributed by atoms with Gasteiger partial charge in [0.15, 0.2) is 0 Å². The smallest absolute Gasteiger partial charge is 0.221 e. The lowest BCUT2D eigenvalue weighted by Gasteiger charge is -2.18. The van der Waals surface area contributed by atoms with Crippen molar-refractivity contribution in [1.82, 2.24) is 5.32 Å². The van der Waals surface area contributed by atoms with Crippen molar-refractivity contribution in [3.8, 4) is 5.75 Å². The first kappa shape index (κ1) is 14.0. The molecule has 0 aliphatic carbocycles. The molecule has 5 nitrogen and oxygen atoms in total. The van der Waals surface area contributed by atoms with Crippen molar-refractivity contribution in [3.63, 3.8) is 0 Å². The molecule has 4 N–H and O–H groups in total. The number of hydrogen-bond donors (Lipinski definition) is 4. The Hall–Kier alpha value is -1.11. The van der Waals surface area contributed by atoms with E-state index >= 15 is 0 Å². The molecule has 0 saturated carbocycles. The van der Waals surface area contributed by atoms with E-state index in [9.17, 15) is 15.0 Å². The quantitative estimate of drug-likeness (QED) is 0.633. The number of likely N-dealkylation sites (N-methyl/N-ethyl adjacent to an activating group) is 1. The second kappa shape index (κ2) is 6.00. The molecule has 1 atom stereocenters. The number of rotatable bonds is 4. The second-order valence-electron chi connectivity index (χ2n) is 3.61. The van der Waals surface area contributed by atoms with Crippen LogP contribution in [-0.4, -0.2) is 29.7 Å². The third-order valence-corrected chi connectivity index (χ3v) is 2.89. The number of hydrogen-bond acceptors (Lipinski definition) is 4. The molecule has 0 bridgehead atoms. The zero-order valence-electron chi connectivity index (χ0n) is 9.62. The van der Waals surface area contributed by atoms with Crippen molar-refractivity contribution in [2.75, 3.05) is 18.9 Å². The van der Waals surface area contributed by atoms with Gasteiger partial charge in [-0.15, -0.1) is 0 Å². The van der Waals surface area contributed by atoms with Gasteiger partial charge in [-0.2, -0.15) is 0 Å². The number of aliphatic hydroxyl groups is 1. The highest BCUT2D eigenvalue weighted by Crippen LogP contribution is 2.37. The van der Waals surface area contributed by atoms with E-state index in [0.717, 1.165) is 0 Å². The summed E-state index contributed by atoms with van der Waals surface area (Å²) in [6.07, 6.45) is -0.830. The van der Waals surface area contributed by atoms with Crippen LogP contribution in [0.1, 0.15) is 18.6 Å². The van der Waals surface area contributed by atoms with Gasteiger partial charge in [0.05, 0.1) is 11.8 Å². The van der Waals surface area contributed by atoms with Crippen molar-refractivity contribution < 1.29 is 15.0 Å². The molecular formula is C11H15BrN2O3. The monoisotopic (exact) mass is 302 g/mol. The molecule has 1 aromatic rings. The van der Waals surface area contributed by atoms with Crippen LogP contribution in [0.15, 0.2) is 16.6 Å². The molecule has 17 heavy (non-hydrogen) atoms. The van der Waals surface area contributed by atoms with Crippen LogP contribution in [0.5, 0.6) is 5.75 Å². The molecule has 6 heteroatoms. The number of benzene rings is 1. The number of nitrogens with one attached hydrogen (secondary N) is 2. The van der Waals surface area contributed by atoms with Gasteiger partial charge in [-0.3, -0.25) is 4.79 Å². The van der Waals surface area contributed by atoms with Gasteiger partial charge in [-0.25, -0.2) is 0 Å². The van der Waals surface area contributed by atoms with Crippen molar-refractivity contribution in [1.29, 1.82) is 0 Å². The first-order chi connectivity index (χ1) is 7.97. The van der Waals surface area contributed by atoms with E-state index < -0.39 is 6.10 Å². The number of aromatic hydroxyl groups is 1. The summed E-state index contributed by atoms with van der Waals surface area (Å²) < 4.78 is 0.627. The number of carbonyl (C=O) groups excluding carboxylic acids is 1. The third-order valence-electron chi connectivity index (χ3n) is 2.20. The van der Waals surface area contributed by atoms with E-state index in [1.807, 2.05) is 0 Å². The zero-order valence-corrected chi connectivity index (χ0v) is 11.2. The lowest BCUT2D eigenvalue weighted by atomic mass is 10.1. The first-order valence-corrected chi connectivity index (χ1v) is 5.88. The highest BCUT2D eigenvalue weighted by Gasteiger charge is 2.19. The van der Waals surface area contributed by atoms with E-state index in [0.29, 0.717) is 16.6 Å². The molecule has 1 amide bonds. The van der Waals surface area contributed by atoms with Gasteiger partial charge in [-0.05, 0) is 19.2 Å². The van der Waals surface area contributed by atoms with Crippen LogP contribution in [0.3, 0.4) is 0 Å². The number of carbonyl (C=O) groups is 1. The normalized spacial score (nSPS) is 12.2. The van der Waals surface area contributed by atoms with Crippen LogP contribution >= 0.6 is 15.9 Å². The van der Waals surface area contributed by atoms with Gasteiger partial charge in [0.1, 0.15) is 5.75 Å². The number of aliphatic hydroxyl groups excluding tert-OH is 1. The Bertz CT molecular complexity index is 423. The topological polar surface area (TPSA) is 81.6 Å². The predicted molar refractivity (Wildman–Crippen MR) is 69.0 cm³/mol. The minimum Gasteiger partial charge on any atom is -0.506 e. The van der Waals surface area contributed by atoms with Gasteiger partial charge in [0.2, 0.25) is 5.91 Å². The Morgan fingerprint density at radius 2 is 2.18 bits per heavy atom. The highest BCUT2D eigenvalue weighted by atomic mass is 79.9. The average Bonchev–Trinajstić information content (AvgIpc) is 2.23. The number of phenols is 1. The van der Waals surface area contributed by atoms with Crippen LogP contribution in [0.2, 0.25) is 0 Å². The van der Waals surface area contributed by atoms with Crippen LogP contribution in [0.4, 0.5) is 5.69 Å². The summed E-state index contributed by atoms with van der Waals surface area (Å²) in [5.41, 5.74) is 0.684. The average molecular weight is 303 g/mol. The number of halogens is 1. The maximum absolute atomic E-state index is 11.1. The van der Waals surface area contributed by atoms with Crippen molar-refractivity contribution >= 4 is 27.5 Å². The van der Waals surface area contributed by atoms with Gasteiger partial charge < -0.3 is 20.8 Å². The lowest BCUT2D eigenvalue weighted by Crippen LogP contribution is -2.19. The third kappa shape index (κ3) is 3.42. The lowest BCUT2D eigenvalue weighted by molar-refractivity contribution is -0.114. The molecule has 1 rings (SSSR count). The van der Waals surface area contributed by atoms with E-state index in [1.165, 1.54) is 13.0 Å². The second-order valence-corrected chi connectivity index (χ2v) is 4.46. The Morgan fingerprint density at radius 1 is 1.53 bits per heavy atom. The largest absolute Gasteiger partial charge is 0.506 e. The van der Waals surface area contributed by atoms with Gasteiger partial charge in [0.25, 0.3) is 0 Å². The van der Waals surface area contributed by atoms with E-state index in [2.05, 4.69) is 26.6 Å². The fourth-order valence-corrected chi connectivity index (χ4v) is 2.11. The molecule has 0 radical (unpaired) electrons. The molecule has 0 spiro atoms. The standard InChI is InChI=1S/C11H15BrN2O3/c1-6(15)14-11-8(16)4-3-7(12)10(11)9(17)5-13-2/h3-4,9,13,16-17H,5H2,1-2H3,(H,14,15). The highest BCUT2D eigenvalue weighted by molar-refractivity contribution is 9.10. The maximum Gasteiger partial charge on any atom is 0.221 e. The molecule has 1 aromatic carbocycles. The summed E-state index contributed by atoms with van der Waals surface area (Å²) in [4.78, 5) is 11.1. The van der Waals surface area contributed by atoms with E-state index in [-0.39, 0.29) is 17.3 Å². The molecule has 0 aliphatic heterocycles. The Labute approximate surface area is 108 Å². The van der Waals surface area contributed by atoms with Crippen molar-refractivity contribution in [3.05, 3.63) is 22.2 Å². The van der Waals surface area contributed by atoms with Crippen LogP contribution < -0.4 is 10.6 Å². The van der Waals surface area contributed by atoms with Crippen LogP contribution in [0, 0.1) is 0 Å². The molecule has 0 saturated heterocycles. The van der Waals surface area contributed by atoms with Gasteiger partial charge in [0, 0.05) is 23.5 Å². The summed E-state index contributed by atoms with van der Waals surface area (Å²) in [6, 6.07) is 3.07. The Kier molecular flexibility index (Phi) is 4.92. The minimum absolute atomic E-state index is 0.0754. The predicted octanol–water partition coefficient (Wildman–Crippen LogP) is 1.37. The summed E-state index contributed by atoms with van der Waals surface area (Å²) in [7, 11) is 1.71. The summed E-state index contributed by atoms with van der Waals surface area (Å²) in [5, 5.41) is 25.0. The van der Waals surface area contributed by atoms with Crippen molar-refractivity contribution in [2.24, 2.45) is 0 Å². The molecule has 0 fully saturated rings. The fraction of sp³-hybridized carbons (Fsp3) is 0.364. The molecular weight excluding hydrogens is 288 g/mol. The van der Waals surface area contributed by atoms with E-state index in [4.69, 9.17) is 0 Å². The summed E-state index contributed by atoms with van der Waals surface area (Å²) >= 11 is 3.29. The maximum atomic E-state index is 11.1. The van der Waals surface area contributed by atoms with Gasteiger partial charge in [-0.1, -0.05) is 15.9 Å². The molecule has 1 unspecified atom stereocenters. The fourth-order valence-electron chi connectivity index (χ4n) is 1.51. The number of amides is 1. The molecule has 94 valence electrons. The Balaban J connectivity index is 3.23. The van der Waals surface area contributed by atoms with Crippen LogP contribution in [0.25, 0.3) is 0 Å². The summed E-state index contributed by atoms with van der Waals surface area (Å²) in [6.45, 7) is 1.66. The van der Waals surface area contributed by atoms with Crippen LogP contribution in [-0.2, 0) is 4.79 Å². The molecule has 0 aromatic heterocycles. The minimum atomic E-state index is -0.830. The summed E-state index contributed by atoms with van der Waals surface area (Å²) in [5.74, 6) is -0.384.